The quantitative estimate of drug-likeness (QED) is 0.449. The van der Waals surface area contributed by atoms with Gasteiger partial charge in [-0.15, -0.1) is 0 Å². The minimum atomic E-state index is -1.24. The standard InChI is InChI=1S/C17H11ClF2N4O5/c18-9-4-11(20)10(19)3-8(9)15(25)22-14-5-12(23-24-14)16(26)21-6-7-1-2-13(29-7)17(27)28/h1-5H,6H2,(H,21,26)(H,27,28)(H2,22,23,24,25). The third kappa shape index (κ3) is 4.58. The zero-order valence-corrected chi connectivity index (χ0v) is 15.0. The van der Waals surface area contributed by atoms with Crippen molar-refractivity contribution in [2.45, 2.75) is 6.54 Å². The van der Waals surface area contributed by atoms with Gasteiger partial charge in [0.05, 0.1) is 17.1 Å². The van der Waals surface area contributed by atoms with Crippen molar-refractivity contribution in [3.8, 4) is 0 Å². The Hall–Kier alpha value is -3.73. The molecule has 29 heavy (non-hydrogen) atoms. The Balaban J connectivity index is 1.62. The van der Waals surface area contributed by atoms with Crippen LogP contribution in [0.25, 0.3) is 0 Å². The number of hydrogen-bond donors (Lipinski definition) is 4. The molecule has 12 heteroatoms. The molecule has 0 spiro atoms. The van der Waals surface area contributed by atoms with E-state index in [1.165, 1.54) is 18.2 Å². The SMILES string of the molecule is O=C(NCc1ccc(C(=O)O)o1)c1cc(NC(=O)c2cc(F)c(F)cc2Cl)n[nH]1. The minimum Gasteiger partial charge on any atom is -0.475 e. The average Bonchev–Trinajstić information content (AvgIpc) is 3.32. The van der Waals surface area contributed by atoms with Gasteiger partial charge in [0.1, 0.15) is 11.5 Å². The Labute approximate surface area is 165 Å². The first-order valence-corrected chi connectivity index (χ1v) is 8.24. The van der Waals surface area contributed by atoms with Crippen molar-refractivity contribution in [3.05, 3.63) is 69.8 Å². The second kappa shape index (κ2) is 8.10. The third-order valence-corrected chi connectivity index (χ3v) is 3.93. The minimum absolute atomic E-state index is 0.0262. The lowest BCUT2D eigenvalue weighted by Gasteiger charge is -2.05. The van der Waals surface area contributed by atoms with Gasteiger partial charge in [0, 0.05) is 6.07 Å². The van der Waals surface area contributed by atoms with Gasteiger partial charge in [-0.05, 0) is 24.3 Å². The molecule has 0 aliphatic rings. The second-order valence-corrected chi connectivity index (χ2v) is 6.03. The Morgan fingerprint density at radius 3 is 2.55 bits per heavy atom. The molecule has 0 fully saturated rings. The normalized spacial score (nSPS) is 10.6. The number of benzene rings is 1. The van der Waals surface area contributed by atoms with E-state index in [0.717, 1.165) is 0 Å². The highest BCUT2D eigenvalue weighted by Crippen LogP contribution is 2.21. The highest BCUT2D eigenvalue weighted by molar-refractivity contribution is 6.34. The number of carbonyl (C=O) groups excluding carboxylic acids is 2. The summed E-state index contributed by atoms with van der Waals surface area (Å²) in [6.45, 7) is -0.0860. The molecule has 0 unspecified atom stereocenters. The van der Waals surface area contributed by atoms with Crippen LogP contribution in [-0.4, -0.2) is 33.1 Å². The average molecular weight is 425 g/mol. The lowest BCUT2D eigenvalue weighted by atomic mass is 10.2. The molecule has 2 heterocycles. The molecule has 0 bridgehead atoms. The van der Waals surface area contributed by atoms with Gasteiger partial charge in [-0.1, -0.05) is 11.6 Å². The topological polar surface area (TPSA) is 137 Å². The van der Waals surface area contributed by atoms with Crippen molar-refractivity contribution in [1.82, 2.24) is 15.5 Å². The number of carbonyl (C=O) groups is 3. The van der Waals surface area contributed by atoms with Crippen LogP contribution in [0.2, 0.25) is 5.02 Å². The molecule has 2 aromatic heterocycles. The molecule has 0 aliphatic heterocycles. The maximum Gasteiger partial charge on any atom is 0.371 e. The number of furan rings is 1. The number of aromatic amines is 1. The Morgan fingerprint density at radius 1 is 1.14 bits per heavy atom. The van der Waals surface area contributed by atoms with Crippen LogP contribution in [-0.2, 0) is 6.54 Å². The van der Waals surface area contributed by atoms with Crippen LogP contribution < -0.4 is 10.6 Å². The molecule has 0 saturated heterocycles. The van der Waals surface area contributed by atoms with E-state index in [1.807, 2.05) is 0 Å². The summed E-state index contributed by atoms with van der Waals surface area (Å²) >= 11 is 5.73. The van der Waals surface area contributed by atoms with E-state index in [9.17, 15) is 23.2 Å². The van der Waals surface area contributed by atoms with E-state index in [-0.39, 0.29) is 40.2 Å². The first-order chi connectivity index (χ1) is 13.7. The zero-order valence-electron chi connectivity index (χ0n) is 14.3. The lowest BCUT2D eigenvalue weighted by Crippen LogP contribution is -2.22. The van der Waals surface area contributed by atoms with Crippen LogP contribution in [0, 0.1) is 11.6 Å². The maximum absolute atomic E-state index is 13.3. The fourth-order valence-corrected chi connectivity index (χ4v) is 2.47. The molecule has 9 nitrogen and oxygen atoms in total. The molecular formula is C17H11ClF2N4O5. The third-order valence-electron chi connectivity index (χ3n) is 3.61. The molecule has 0 aliphatic carbocycles. The Morgan fingerprint density at radius 2 is 1.86 bits per heavy atom. The second-order valence-electron chi connectivity index (χ2n) is 5.62. The first-order valence-electron chi connectivity index (χ1n) is 7.86. The fourth-order valence-electron chi connectivity index (χ4n) is 2.23. The summed E-state index contributed by atoms with van der Waals surface area (Å²) in [4.78, 5) is 35.0. The van der Waals surface area contributed by atoms with Crippen molar-refractivity contribution in [2.75, 3.05) is 5.32 Å². The van der Waals surface area contributed by atoms with Crippen molar-refractivity contribution in [3.63, 3.8) is 0 Å². The monoisotopic (exact) mass is 424 g/mol. The molecule has 3 rings (SSSR count). The summed E-state index contributed by atoms with van der Waals surface area (Å²) in [5, 5.41) is 19.4. The lowest BCUT2D eigenvalue weighted by molar-refractivity contribution is 0.0660. The van der Waals surface area contributed by atoms with Gasteiger partial charge in [0.25, 0.3) is 11.8 Å². The summed E-state index contributed by atoms with van der Waals surface area (Å²) in [7, 11) is 0. The van der Waals surface area contributed by atoms with Gasteiger partial charge in [0.15, 0.2) is 17.5 Å². The number of H-pyrrole nitrogens is 1. The number of hydrogen-bond acceptors (Lipinski definition) is 5. The number of nitrogens with zero attached hydrogens (tertiary/aromatic N) is 1. The number of anilines is 1. The molecule has 1 aromatic carbocycles. The van der Waals surface area contributed by atoms with Crippen LogP contribution in [0.1, 0.15) is 37.2 Å². The number of halogens is 3. The van der Waals surface area contributed by atoms with Crippen molar-refractivity contribution >= 4 is 35.2 Å². The number of aromatic carboxylic acids is 1. The van der Waals surface area contributed by atoms with Gasteiger partial charge in [-0.3, -0.25) is 14.7 Å². The molecule has 0 saturated carbocycles. The summed E-state index contributed by atoms with van der Waals surface area (Å²) < 4.78 is 31.4. The highest BCUT2D eigenvalue weighted by Gasteiger charge is 2.18. The van der Waals surface area contributed by atoms with E-state index >= 15 is 0 Å². The number of amides is 2. The van der Waals surface area contributed by atoms with Crippen molar-refractivity contribution in [2.24, 2.45) is 0 Å². The number of nitrogens with one attached hydrogen (secondary N) is 3. The molecule has 2 amide bonds. The van der Waals surface area contributed by atoms with E-state index in [4.69, 9.17) is 21.1 Å². The molecule has 4 N–H and O–H groups in total. The summed E-state index contributed by atoms with van der Waals surface area (Å²) in [6, 6.07) is 5.15. The Bertz CT molecular complexity index is 1110. The van der Waals surface area contributed by atoms with Gasteiger partial charge in [-0.25, -0.2) is 13.6 Å². The van der Waals surface area contributed by atoms with Gasteiger partial charge >= 0.3 is 5.97 Å². The largest absolute Gasteiger partial charge is 0.475 e. The molecular weight excluding hydrogens is 414 g/mol. The van der Waals surface area contributed by atoms with E-state index in [2.05, 4.69) is 20.8 Å². The van der Waals surface area contributed by atoms with Crippen LogP contribution >= 0.6 is 11.6 Å². The maximum atomic E-state index is 13.3. The molecule has 150 valence electrons. The number of carboxylic acid groups (broad SMARTS) is 1. The van der Waals surface area contributed by atoms with Crippen LogP contribution in [0.3, 0.4) is 0 Å². The Kier molecular flexibility index (Phi) is 5.59. The van der Waals surface area contributed by atoms with E-state index in [0.29, 0.717) is 12.1 Å². The highest BCUT2D eigenvalue weighted by atomic mass is 35.5. The first kappa shape index (κ1) is 20.0. The fraction of sp³-hybridized carbons (Fsp3) is 0.0588. The molecule has 0 radical (unpaired) electrons. The number of rotatable bonds is 6. The van der Waals surface area contributed by atoms with Crippen LogP contribution in [0.4, 0.5) is 14.6 Å². The number of aromatic nitrogens is 2. The van der Waals surface area contributed by atoms with Gasteiger partial charge in [0.2, 0.25) is 5.76 Å². The van der Waals surface area contributed by atoms with E-state index in [1.54, 1.807) is 0 Å². The smallest absolute Gasteiger partial charge is 0.371 e. The molecule has 0 atom stereocenters. The predicted octanol–water partition coefficient (Wildman–Crippen LogP) is 2.81. The van der Waals surface area contributed by atoms with Gasteiger partial charge in [-0.2, -0.15) is 5.10 Å². The van der Waals surface area contributed by atoms with Crippen molar-refractivity contribution < 1.29 is 32.7 Å². The predicted molar refractivity (Wildman–Crippen MR) is 94.7 cm³/mol. The van der Waals surface area contributed by atoms with Crippen LogP contribution in [0.5, 0.6) is 0 Å². The molecule has 3 aromatic rings. The zero-order chi connectivity index (χ0) is 21.1. The van der Waals surface area contributed by atoms with Gasteiger partial charge < -0.3 is 20.2 Å². The van der Waals surface area contributed by atoms with Crippen LogP contribution in [0.15, 0.2) is 34.7 Å². The number of carboxylic acids is 1. The summed E-state index contributed by atoms with van der Waals surface area (Å²) in [5.74, 6) is -5.26. The summed E-state index contributed by atoms with van der Waals surface area (Å²) in [6.07, 6.45) is 0. The van der Waals surface area contributed by atoms with E-state index < -0.39 is 29.4 Å². The van der Waals surface area contributed by atoms with Crippen molar-refractivity contribution in [1.29, 1.82) is 0 Å². The summed E-state index contributed by atoms with van der Waals surface area (Å²) in [5.41, 5.74) is -0.340.